The van der Waals surface area contributed by atoms with Crippen molar-refractivity contribution in [1.29, 1.82) is 0 Å². The third-order valence-corrected chi connectivity index (χ3v) is 5.64. The van der Waals surface area contributed by atoms with Gasteiger partial charge in [-0.25, -0.2) is 0 Å². The van der Waals surface area contributed by atoms with E-state index >= 15 is 0 Å². The predicted octanol–water partition coefficient (Wildman–Crippen LogP) is 2.02. The van der Waals surface area contributed by atoms with E-state index in [1.54, 1.807) is 0 Å². The lowest BCUT2D eigenvalue weighted by molar-refractivity contribution is -0.124. The van der Waals surface area contributed by atoms with E-state index in [-0.39, 0.29) is 12.0 Å². The van der Waals surface area contributed by atoms with Crippen LogP contribution in [0.3, 0.4) is 0 Å². The number of hydrogen-bond donors (Lipinski definition) is 2. The van der Waals surface area contributed by atoms with E-state index in [0.29, 0.717) is 30.3 Å². The first kappa shape index (κ1) is 16.8. The maximum Gasteiger partial charge on any atom is 0.234 e. The Morgan fingerprint density at radius 1 is 1.29 bits per heavy atom. The lowest BCUT2D eigenvalue weighted by atomic mass is 9.78. The van der Waals surface area contributed by atoms with Crippen molar-refractivity contribution in [3.63, 3.8) is 0 Å². The Labute approximate surface area is 129 Å². The van der Waals surface area contributed by atoms with Crippen LogP contribution in [-0.2, 0) is 4.79 Å². The van der Waals surface area contributed by atoms with Crippen LogP contribution in [0.1, 0.15) is 52.9 Å². The zero-order valence-corrected chi connectivity index (χ0v) is 13.8. The number of aliphatic hydroxyl groups excluding tert-OH is 1. The molecule has 5 unspecified atom stereocenters. The Morgan fingerprint density at radius 2 is 2.05 bits per heavy atom. The molecule has 5 atom stereocenters. The van der Waals surface area contributed by atoms with Crippen molar-refractivity contribution in [2.24, 2.45) is 17.8 Å². The molecule has 4 nitrogen and oxygen atoms in total. The minimum atomic E-state index is -0.268. The predicted molar refractivity (Wildman–Crippen MR) is 85.0 cm³/mol. The van der Waals surface area contributed by atoms with Crippen LogP contribution in [0.5, 0.6) is 0 Å². The molecule has 1 aliphatic carbocycles. The first-order chi connectivity index (χ1) is 9.97. The average molecular weight is 296 g/mol. The maximum atomic E-state index is 12.3. The van der Waals surface area contributed by atoms with Gasteiger partial charge < -0.3 is 10.4 Å². The summed E-state index contributed by atoms with van der Waals surface area (Å²) in [6.45, 7) is 8.73. The summed E-state index contributed by atoms with van der Waals surface area (Å²) in [6, 6.07) is 0.346. The number of nitrogens with one attached hydrogen (secondary N) is 1. The molecule has 1 heterocycles. The molecule has 2 fully saturated rings. The second-order valence-electron chi connectivity index (χ2n) is 7.32. The molecule has 122 valence electrons. The number of aliphatic hydroxyl groups is 1. The van der Waals surface area contributed by atoms with E-state index in [0.717, 1.165) is 32.4 Å². The van der Waals surface area contributed by atoms with Gasteiger partial charge in [-0.1, -0.05) is 26.7 Å². The summed E-state index contributed by atoms with van der Waals surface area (Å²) < 4.78 is 0. The second-order valence-corrected chi connectivity index (χ2v) is 7.32. The molecule has 1 saturated carbocycles. The average Bonchev–Trinajstić information content (AvgIpc) is 2.44. The van der Waals surface area contributed by atoms with E-state index in [4.69, 9.17) is 0 Å². The summed E-state index contributed by atoms with van der Waals surface area (Å²) in [5.41, 5.74) is 0. The molecule has 2 aliphatic rings. The summed E-state index contributed by atoms with van der Waals surface area (Å²) in [5, 5.41) is 13.0. The van der Waals surface area contributed by atoms with E-state index < -0.39 is 0 Å². The molecule has 2 rings (SSSR count). The molecule has 0 radical (unpaired) electrons. The van der Waals surface area contributed by atoms with Crippen LogP contribution in [-0.4, -0.2) is 47.7 Å². The Morgan fingerprint density at radius 3 is 2.76 bits per heavy atom. The summed E-state index contributed by atoms with van der Waals surface area (Å²) >= 11 is 0. The zero-order chi connectivity index (χ0) is 15.4. The molecule has 1 saturated heterocycles. The highest BCUT2D eigenvalue weighted by atomic mass is 16.3. The molecule has 0 spiro atoms. The van der Waals surface area contributed by atoms with Crippen molar-refractivity contribution < 1.29 is 9.90 Å². The summed E-state index contributed by atoms with van der Waals surface area (Å²) in [4.78, 5) is 14.5. The van der Waals surface area contributed by atoms with Gasteiger partial charge in [0.25, 0.3) is 0 Å². The van der Waals surface area contributed by atoms with Crippen LogP contribution in [0, 0.1) is 17.8 Å². The van der Waals surface area contributed by atoms with Crippen molar-refractivity contribution in [2.45, 2.75) is 65.0 Å². The van der Waals surface area contributed by atoms with Gasteiger partial charge in [0.1, 0.15) is 0 Å². The minimum Gasteiger partial charge on any atom is -0.393 e. The van der Waals surface area contributed by atoms with Gasteiger partial charge in [0.2, 0.25) is 5.91 Å². The lowest BCUT2D eigenvalue weighted by Crippen LogP contribution is -2.49. The molecule has 0 bridgehead atoms. The van der Waals surface area contributed by atoms with E-state index in [1.807, 2.05) is 6.92 Å². The first-order valence-corrected chi connectivity index (χ1v) is 8.67. The maximum absolute atomic E-state index is 12.3. The fourth-order valence-electron chi connectivity index (χ4n) is 3.87. The van der Waals surface area contributed by atoms with Gasteiger partial charge in [-0.2, -0.15) is 0 Å². The molecule has 0 aromatic rings. The Balaban J connectivity index is 1.78. The standard InChI is InChI=1S/C17H32N2O2/c1-12-6-4-8-16(13(12)2)18-17(21)11-19-9-5-7-15(10-19)14(3)20/h12-16,20H,4-11H2,1-3H3,(H,18,21). The largest absolute Gasteiger partial charge is 0.393 e. The van der Waals surface area contributed by atoms with E-state index in [2.05, 4.69) is 24.1 Å². The number of hydrogen-bond acceptors (Lipinski definition) is 3. The fourth-order valence-corrected chi connectivity index (χ4v) is 3.87. The highest BCUT2D eigenvalue weighted by Crippen LogP contribution is 2.29. The molecular weight excluding hydrogens is 264 g/mol. The third-order valence-electron chi connectivity index (χ3n) is 5.64. The molecule has 0 aromatic carbocycles. The number of rotatable bonds is 4. The first-order valence-electron chi connectivity index (χ1n) is 8.67. The van der Waals surface area contributed by atoms with Crippen LogP contribution < -0.4 is 5.32 Å². The van der Waals surface area contributed by atoms with Crippen LogP contribution >= 0.6 is 0 Å². The monoisotopic (exact) mass is 296 g/mol. The van der Waals surface area contributed by atoms with E-state index in [1.165, 1.54) is 12.8 Å². The number of amides is 1. The molecular formula is C17H32N2O2. The topological polar surface area (TPSA) is 52.6 Å². The van der Waals surface area contributed by atoms with Crippen molar-refractivity contribution >= 4 is 5.91 Å². The lowest BCUT2D eigenvalue weighted by Gasteiger charge is -2.36. The number of likely N-dealkylation sites (tertiary alicyclic amines) is 1. The van der Waals surface area contributed by atoms with Crippen molar-refractivity contribution in [3.05, 3.63) is 0 Å². The fraction of sp³-hybridized carbons (Fsp3) is 0.941. The quantitative estimate of drug-likeness (QED) is 0.834. The van der Waals surface area contributed by atoms with Crippen LogP contribution in [0.2, 0.25) is 0 Å². The smallest absolute Gasteiger partial charge is 0.234 e. The SMILES string of the molecule is CC(O)C1CCCN(CC(=O)NC2CCCC(C)C2C)C1. The highest BCUT2D eigenvalue weighted by Gasteiger charge is 2.29. The molecule has 1 aliphatic heterocycles. The number of carbonyl (C=O) groups is 1. The Bertz CT molecular complexity index is 346. The molecule has 2 N–H and O–H groups in total. The van der Waals surface area contributed by atoms with Gasteiger partial charge >= 0.3 is 0 Å². The molecule has 0 aromatic heterocycles. The van der Waals surface area contributed by atoms with Crippen LogP contribution in [0.15, 0.2) is 0 Å². The van der Waals surface area contributed by atoms with E-state index in [9.17, 15) is 9.90 Å². The van der Waals surface area contributed by atoms with Gasteiger partial charge in [0.15, 0.2) is 0 Å². The van der Waals surface area contributed by atoms with Crippen molar-refractivity contribution in [2.75, 3.05) is 19.6 Å². The molecule has 4 heteroatoms. The number of carbonyl (C=O) groups excluding carboxylic acids is 1. The Hall–Kier alpha value is -0.610. The number of piperidine rings is 1. The normalized spacial score (nSPS) is 36.2. The molecule has 1 amide bonds. The minimum absolute atomic E-state index is 0.159. The van der Waals surface area contributed by atoms with Crippen LogP contribution in [0.25, 0.3) is 0 Å². The zero-order valence-electron chi connectivity index (χ0n) is 13.8. The van der Waals surface area contributed by atoms with Gasteiger partial charge in [-0.15, -0.1) is 0 Å². The highest BCUT2D eigenvalue weighted by molar-refractivity contribution is 5.78. The Kier molecular flexibility index (Phi) is 6.06. The van der Waals surface area contributed by atoms with Crippen molar-refractivity contribution in [1.82, 2.24) is 10.2 Å². The van der Waals surface area contributed by atoms with Crippen LogP contribution in [0.4, 0.5) is 0 Å². The van der Waals surface area contributed by atoms with Gasteiger partial charge in [0, 0.05) is 12.6 Å². The summed E-state index contributed by atoms with van der Waals surface area (Å²) in [7, 11) is 0. The third kappa shape index (κ3) is 4.68. The number of nitrogens with zero attached hydrogens (tertiary/aromatic N) is 1. The second kappa shape index (κ2) is 7.59. The van der Waals surface area contributed by atoms with Gasteiger partial charge in [-0.3, -0.25) is 9.69 Å². The van der Waals surface area contributed by atoms with Gasteiger partial charge in [-0.05, 0) is 50.5 Å². The van der Waals surface area contributed by atoms with Crippen molar-refractivity contribution in [3.8, 4) is 0 Å². The summed E-state index contributed by atoms with van der Waals surface area (Å²) in [5.74, 6) is 1.76. The summed E-state index contributed by atoms with van der Waals surface area (Å²) in [6.07, 6.45) is 5.52. The molecule has 21 heavy (non-hydrogen) atoms. The van der Waals surface area contributed by atoms with Gasteiger partial charge in [0.05, 0.1) is 12.6 Å².